The number of ether oxygens (including phenoxy) is 1. The molecule has 3 rings (SSSR count). The summed E-state index contributed by atoms with van der Waals surface area (Å²) in [4.78, 5) is 13.4. The number of rotatable bonds is 1. The molecule has 0 saturated heterocycles. The van der Waals surface area contributed by atoms with Crippen molar-refractivity contribution >= 4 is 16.9 Å². The van der Waals surface area contributed by atoms with Crippen molar-refractivity contribution in [1.29, 1.82) is 0 Å². The Balaban J connectivity index is 2.07. The highest BCUT2D eigenvalue weighted by atomic mass is 16.5. The molecule has 1 heterocycles. The Bertz CT molecular complexity index is 643. The summed E-state index contributed by atoms with van der Waals surface area (Å²) in [5.41, 5.74) is 1.16. The van der Waals surface area contributed by atoms with Crippen molar-refractivity contribution in [3.05, 3.63) is 60.3 Å². The molecular formula is C16H15NO2. The molecule has 0 fully saturated rings. The second kappa shape index (κ2) is 4.76. The van der Waals surface area contributed by atoms with Crippen LogP contribution in [0, 0.1) is 0 Å². The number of benzene rings is 2. The van der Waals surface area contributed by atoms with E-state index in [9.17, 15) is 4.79 Å². The molecule has 3 heteroatoms. The molecule has 0 bridgehead atoms. The lowest BCUT2D eigenvalue weighted by molar-refractivity contribution is 0.130. The summed E-state index contributed by atoms with van der Waals surface area (Å²) in [6.45, 7) is 0. The fourth-order valence-electron chi connectivity index (χ4n) is 2.63. The van der Waals surface area contributed by atoms with E-state index in [2.05, 4.69) is 24.3 Å². The van der Waals surface area contributed by atoms with Crippen LogP contribution in [-0.4, -0.2) is 18.1 Å². The van der Waals surface area contributed by atoms with Gasteiger partial charge in [0.2, 0.25) is 0 Å². The highest BCUT2D eigenvalue weighted by Gasteiger charge is 2.27. The Morgan fingerprint density at radius 3 is 2.84 bits per heavy atom. The molecule has 3 nitrogen and oxygen atoms in total. The number of hydrogen-bond acceptors (Lipinski definition) is 2. The summed E-state index contributed by atoms with van der Waals surface area (Å²) < 4.78 is 4.83. The van der Waals surface area contributed by atoms with Crippen LogP contribution in [-0.2, 0) is 4.74 Å². The van der Waals surface area contributed by atoms with Crippen LogP contribution < -0.4 is 0 Å². The highest BCUT2D eigenvalue weighted by molar-refractivity contribution is 5.86. The van der Waals surface area contributed by atoms with Gasteiger partial charge in [0.25, 0.3) is 0 Å². The Kier molecular flexibility index (Phi) is 2.95. The average Bonchev–Trinajstić information content (AvgIpc) is 2.95. The lowest BCUT2D eigenvalue weighted by Gasteiger charge is -2.24. The average molecular weight is 253 g/mol. The van der Waals surface area contributed by atoms with Crippen molar-refractivity contribution in [2.75, 3.05) is 7.11 Å². The minimum atomic E-state index is -0.313. The molecule has 0 spiro atoms. The fraction of sp³-hybridized carbons (Fsp3) is 0.188. The number of nitrogens with zero attached hydrogens (tertiary/aromatic N) is 1. The van der Waals surface area contributed by atoms with Crippen molar-refractivity contribution in [3.63, 3.8) is 0 Å². The van der Waals surface area contributed by atoms with Gasteiger partial charge in [0.15, 0.2) is 0 Å². The van der Waals surface area contributed by atoms with E-state index in [1.807, 2.05) is 24.3 Å². The van der Waals surface area contributed by atoms with Crippen molar-refractivity contribution in [2.45, 2.75) is 12.5 Å². The number of fused-ring (bicyclic) bond motifs is 1. The van der Waals surface area contributed by atoms with E-state index in [1.165, 1.54) is 17.9 Å². The van der Waals surface area contributed by atoms with Crippen LogP contribution in [0.1, 0.15) is 18.0 Å². The molecule has 0 radical (unpaired) electrons. The summed E-state index contributed by atoms with van der Waals surface area (Å²) in [5.74, 6) is 0. The van der Waals surface area contributed by atoms with Crippen LogP contribution in [0.5, 0.6) is 0 Å². The minimum Gasteiger partial charge on any atom is -0.452 e. The lowest BCUT2D eigenvalue weighted by atomic mass is 9.97. The predicted molar refractivity (Wildman–Crippen MR) is 74.7 cm³/mol. The summed E-state index contributed by atoms with van der Waals surface area (Å²) in [5, 5.41) is 2.38. The number of amides is 1. The van der Waals surface area contributed by atoms with Crippen LogP contribution in [0.25, 0.3) is 10.8 Å². The van der Waals surface area contributed by atoms with E-state index in [0.717, 1.165) is 12.0 Å². The third-order valence-corrected chi connectivity index (χ3v) is 3.53. The van der Waals surface area contributed by atoms with E-state index in [4.69, 9.17) is 4.74 Å². The normalized spacial score (nSPS) is 17.9. The first-order chi connectivity index (χ1) is 9.31. The zero-order valence-corrected chi connectivity index (χ0v) is 10.7. The van der Waals surface area contributed by atoms with Gasteiger partial charge in [-0.1, -0.05) is 48.5 Å². The van der Waals surface area contributed by atoms with Gasteiger partial charge in [0.1, 0.15) is 0 Å². The van der Waals surface area contributed by atoms with Gasteiger partial charge in [-0.15, -0.1) is 0 Å². The van der Waals surface area contributed by atoms with E-state index >= 15 is 0 Å². The third-order valence-electron chi connectivity index (χ3n) is 3.53. The topological polar surface area (TPSA) is 29.5 Å². The maximum absolute atomic E-state index is 11.8. The van der Waals surface area contributed by atoms with Gasteiger partial charge >= 0.3 is 6.09 Å². The van der Waals surface area contributed by atoms with Crippen LogP contribution in [0.4, 0.5) is 4.79 Å². The molecule has 1 aliphatic heterocycles. The Morgan fingerprint density at radius 1 is 1.21 bits per heavy atom. The van der Waals surface area contributed by atoms with Gasteiger partial charge in [0.05, 0.1) is 13.2 Å². The van der Waals surface area contributed by atoms with Gasteiger partial charge in [-0.3, -0.25) is 4.90 Å². The molecule has 1 atom stereocenters. The summed E-state index contributed by atoms with van der Waals surface area (Å²) in [7, 11) is 1.41. The van der Waals surface area contributed by atoms with Crippen LogP contribution in [0.15, 0.2) is 54.7 Å². The monoisotopic (exact) mass is 253 g/mol. The summed E-state index contributed by atoms with van der Waals surface area (Å²) >= 11 is 0. The Labute approximate surface area is 112 Å². The van der Waals surface area contributed by atoms with Gasteiger partial charge < -0.3 is 4.74 Å². The zero-order chi connectivity index (χ0) is 13.2. The maximum atomic E-state index is 11.8. The summed E-state index contributed by atoms with van der Waals surface area (Å²) in [6, 6.07) is 14.5. The Hall–Kier alpha value is -2.29. The van der Waals surface area contributed by atoms with E-state index in [0.29, 0.717) is 0 Å². The number of carbonyl (C=O) groups is 1. The Morgan fingerprint density at radius 2 is 2.00 bits per heavy atom. The van der Waals surface area contributed by atoms with Crippen molar-refractivity contribution in [2.24, 2.45) is 0 Å². The molecule has 2 aromatic rings. The molecule has 19 heavy (non-hydrogen) atoms. The first-order valence-electron chi connectivity index (χ1n) is 6.32. The molecule has 1 amide bonds. The van der Waals surface area contributed by atoms with Gasteiger partial charge in [-0.05, 0) is 22.8 Å². The standard InChI is InChI=1S/C16H15NO2/c1-19-16(18)17-11-5-10-15(17)14-9-4-7-12-6-2-3-8-13(12)14/h2-9,11,15H,10H2,1H3. The van der Waals surface area contributed by atoms with Crippen LogP contribution in [0.2, 0.25) is 0 Å². The second-order valence-electron chi connectivity index (χ2n) is 4.58. The van der Waals surface area contributed by atoms with Crippen molar-refractivity contribution < 1.29 is 9.53 Å². The SMILES string of the molecule is COC(=O)N1C=CCC1c1cccc2ccccc12. The largest absolute Gasteiger partial charge is 0.452 e. The van der Waals surface area contributed by atoms with Gasteiger partial charge in [0, 0.05) is 6.20 Å². The molecule has 1 unspecified atom stereocenters. The molecule has 0 N–H and O–H groups in total. The molecule has 0 aromatic heterocycles. The third kappa shape index (κ3) is 1.97. The number of carbonyl (C=O) groups excluding carboxylic acids is 1. The van der Waals surface area contributed by atoms with E-state index < -0.39 is 0 Å². The summed E-state index contributed by atoms with van der Waals surface area (Å²) in [6.07, 6.45) is 4.32. The van der Waals surface area contributed by atoms with Crippen molar-refractivity contribution in [1.82, 2.24) is 4.90 Å². The van der Waals surface area contributed by atoms with Gasteiger partial charge in [-0.25, -0.2) is 4.79 Å². The van der Waals surface area contributed by atoms with E-state index in [-0.39, 0.29) is 12.1 Å². The quantitative estimate of drug-likeness (QED) is 0.772. The van der Waals surface area contributed by atoms with Crippen molar-refractivity contribution in [3.8, 4) is 0 Å². The first-order valence-corrected chi connectivity index (χ1v) is 6.32. The molecule has 0 saturated carbocycles. The number of methoxy groups -OCH3 is 1. The molecule has 1 aliphatic rings. The molecule has 0 aliphatic carbocycles. The number of hydrogen-bond donors (Lipinski definition) is 0. The van der Waals surface area contributed by atoms with Gasteiger partial charge in [-0.2, -0.15) is 0 Å². The second-order valence-corrected chi connectivity index (χ2v) is 4.58. The molecular weight excluding hydrogens is 238 g/mol. The van der Waals surface area contributed by atoms with E-state index in [1.54, 1.807) is 11.1 Å². The van der Waals surface area contributed by atoms with Crippen LogP contribution in [0.3, 0.4) is 0 Å². The maximum Gasteiger partial charge on any atom is 0.414 e. The zero-order valence-electron chi connectivity index (χ0n) is 10.7. The lowest BCUT2D eigenvalue weighted by Crippen LogP contribution is -2.27. The first kappa shape index (κ1) is 11.8. The molecule has 96 valence electrons. The molecule has 2 aromatic carbocycles. The fourth-order valence-corrected chi connectivity index (χ4v) is 2.63. The highest BCUT2D eigenvalue weighted by Crippen LogP contribution is 2.34. The smallest absolute Gasteiger partial charge is 0.414 e. The van der Waals surface area contributed by atoms with Crippen LogP contribution >= 0.6 is 0 Å². The minimum absolute atomic E-state index is 0.0264. The predicted octanol–water partition coefficient (Wildman–Crippen LogP) is 3.87.